The molecule has 3 aromatic carbocycles. The van der Waals surface area contributed by atoms with Gasteiger partial charge in [0, 0.05) is 5.02 Å². The maximum absolute atomic E-state index is 12.8. The van der Waals surface area contributed by atoms with Gasteiger partial charge in [0.05, 0.1) is 18.2 Å². The Morgan fingerprint density at radius 1 is 0.931 bits per heavy atom. The van der Waals surface area contributed by atoms with Crippen molar-refractivity contribution >= 4 is 17.5 Å². The number of carbonyl (C=O) groups is 1. The van der Waals surface area contributed by atoms with E-state index >= 15 is 0 Å². The molecular weight excluding hydrogens is 386 g/mol. The highest BCUT2D eigenvalue weighted by Gasteiger charge is 2.17. The summed E-state index contributed by atoms with van der Waals surface area (Å²) in [4.78, 5) is 12.8. The lowest BCUT2D eigenvalue weighted by molar-refractivity contribution is -0.120. The number of rotatable bonds is 6. The third-order valence-electron chi connectivity index (χ3n) is 4.56. The number of benzene rings is 3. The van der Waals surface area contributed by atoms with Gasteiger partial charge in [-0.05, 0) is 51.4 Å². The highest BCUT2D eigenvalue weighted by atomic mass is 35.5. The second-order valence-electron chi connectivity index (χ2n) is 6.56. The van der Waals surface area contributed by atoms with Crippen molar-refractivity contribution in [3.63, 3.8) is 0 Å². The molecule has 0 radical (unpaired) electrons. The van der Waals surface area contributed by atoms with Crippen molar-refractivity contribution in [3.8, 4) is 5.69 Å². The van der Waals surface area contributed by atoms with Crippen LogP contribution < -0.4 is 5.32 Å². The summed E-state index contributed by atoms with van der Waals surface area (Å²) in [6.07, 6.45) is 1.80. The van der Waals surface area contributed by atoms with Crippen LogP contribution in [0.25, 0.3) is 5.69 Å². The van der Waals surface area contributed by atoms with Gasteiger partial charge in [0.15, 0.2) is 0 Å². The molecule has 1 atom stereocenters. The average molecular weight is 404 g/mol. The molecule has 7 heteroatoms. The Morgan fingerprint density at radius 3 is 2.28 bits per heavy atom. The van der Waals surface area contributed by atoms with Crippen molar-refractivity contribution in [3.05, 3.63) is 107 Å². The molecule has 1 N–H and O–H groups in total. The minimum Gasteiger partial charge on any atom is -0.345 e. The van der Waals surface area contributed by atoms with Gasteiger partial charge in [0.25, 0.3) is 0 Å². The second kappa shape index (κ2) is 8.67. The molecule has 1 aromatic heterocycles. The van der Waals surface area contributed by atoms with E-state index in [2.05, 4.69) is 20.8 Å². The van der Waals surface area contributed by atoms with Gasteiger partial charge in [-0.2, -0.15) is 0 Å². The van der Waals surface area contributed by atoms with Crippen LogP contribution in [0, 0.1) is 0 Å². The van der Waals surface area contributed by atoms with Crippen molar-refractivity contribution in [1.82, 2.24) is 25.5 Å². The monoisotopic (exact) mass is 403 g/mol. The van der Waals surface area contributed by atoms with Crippen molar-refractivity contribution in [1.29, 1.82) is 0 Å². The normalized spacial score (nSPS) is 11.8. The quantitative estimate of drug-likeness (QED) is 0.532. The largest absolute Gasteiger partial charge is 0.345 e. The molecular formula is C22H18ClN5O. The van der Waals surface area contributed by atoms with E-state index in [-0.39, 0.29) is 18.4 Å². The van der Waals surface area contributed by atoms with Crippen LogP contribution in [0.2, 0.25) is 5.02 Å². The van der Waals surface area contributed by atoms with E-state index < -0.39 is 0 Å². The topological polar surface area (TPSA) is 72.7 Å². The third kappa shape index (κ3) is 4.67. The fraction of sp³-hybridized carbons (Fsp3) is 0.0909. The Kier molecular flexibility index (Phi) is 5.63. The first-order valence-corrected chi connectivity index (χ1v) is 9.49. The molecule has 4 aromatic rings. The van der Waals surface area contributed by atoms with Gasteiger partial charge in [-0.1, -0.05) is 66.2 Å². The Morgan fingerprint density at radius 2 is 1.62 bits per heavy atom. The molecule has 29 heavy (non-hydrogen) atoms. The van der Waals surface area contributed by atoms with Crippen molar-refractivity contribution < 1.29 is 4.79 Å². The van der Waals surface area contributed by atoms with Gasteiger partial charge in [0.1, 0.15) is 6.33 Å². The van der Waals surface area contributed by atoms with Crippen LogP contribution in [0.4, 0.5) is 0 Å². The van der Waals surface area contributed by atoms with Gasteiger partial charge >= 0.3 is 0 Å². The zero-order valence-electron chi connectivity index (χ0n) is 15.4. The Balaban J connectivity index is 1.50. The van der Waals surface area contributed by atoms with Crippen LogP contribution >= 0.6 is 11.6 Å². The van der Waals surface area contributed by atoms with Crippen LogP contribution in [-0.2, 0) is 11.2 Å². The minimum atomic E-state index is -0.249. The molecule has 0 fully saturated rings. The van der Waals surface area contributed by atoms with Gasteiger partial charge in [-0.15, -0.1) is 5.10 Å². The molecule has 0 aliphatic heterocycles. The summed E-state index contributed by atoms with van der Waals surface area (Å²) >= 11 is 6.02. The van der Waals surface area contributed by atoms with E-state index in [4.69, 9.17) is 11.6 Å². The van der Waals surface area contributed by atoms with Crippen molar-refractivity contribution in [2.75, 3.05) is 0 Å². The number of halogens is 1. The third-order valence-corrected chi connectivity index (χ3v) is 4.81. The standard InChI is InChI=1S/C22H18ClN5O/c23-19-10-8-18(9-11-19)22(17-4-2-1-3-5-17)25-21(29)14-16-6-12-20(13-7-16)28-15-24-26-27-28/h1-13,15,22H,14H2,(H,25,29). The molecule has 6 nitrogen and oxygen atoms in total. The molecule has 144 valence electrons. The smallest absolute Gasteiger partial charge is 0.225 e. The summed E-state index contributed by atoms with van der Waals surface area (Å²) in [5, 5.41) is 14.9. The van der Waals surface area contributed by atoms with Gasteiger partial charge in [-0.25, -0.2) is 4.68 Å². The summed E-state index contributed by atoms with van der Waals surface area (Å²) in [7, 11) is 0. The van der Waals surface area contributed by atoms with Crippen LogP contribution in [-0.4, -0.2) is 26.1 Å². The molecule has 0 aliphatic rings. The molecule has 0 aliphatic carbocycles. The van der Waals surface area contributed by atoms with Crippen LogP contribution in [0.15, 0.2) is 85.2 Å². The second-order valence-corrected chi connectivity index (χ2v) is 7.00. The van der Waals surface area contributed by atoms with Crippen molar-refractivity contribution in [2.45, 2.75) is 12.5 Å². The number of hydrogen-bond donors (Lipinski definition) is 1. The highest BCUT2D eigenvalue weighted by molar-refractivity contribution is 6.30. The summed E-state index contributed by atoms with van der Waals surface area (Å²) in [6.45, 7) is 0. The zero-order valence-corrected chi connectivity index (χ0v) is 16.2. The lowest BCUT2D eigenvalue weighted by atomic mass is 9.98. The number of nitrogens with zero attached hydrogens (tertiary/aromatic N) is 4. The van der Waals surface area contributed by atoms with E-state index in [1.807, 2.05) is 78.9 Å². The molecule has 1 heterocycles. The van der Waals surface area contributed by atoms with E-state index in [9.17, 15) is 4.79 Å². The van der Waals surface area contributed by atoms with Crippen molar-refractivity contribution in [2.24, 2.45) is 0 Å². The molecule has 1 unspecified atom stereocenters. The van der Waals surface area contributed by atoms with Crippen LogP contribution in [0.1, 0.15) is 22.7 Å². The average Bonchev–Trinajstić information content (AvgIpc) is 3.29. The minimum absolute atomic E-state index is 0.0658. The number of amides is 1. The first kappa shape index (κ1) is 18.8. The van der Waals surface area contributed by atoms with Gasteiger partial charge in [0.2, 0.25) is 5.91 Å². The fourth-order valence-corrected chi connectivity index (χ4v) is 3.23. The maximum Gasteiger partial charge on any atom is 0.225 e. The summed E-state index contributed by atoms with van der Waals surface area (Å²) in [6, 6.07) is 24.7. The van der Waals surface area contributed by atoms with Crippen LogP contribution in [0.3, 0.4) is 0 Å². The van der Waals surface area contributed by atoms with Gasteiger partial charge < -0.3 is 5.32 Å². The fourth-order valence-electron chi connectivity index (χ4n) is 3.10. The number of carbonyl (C=O) groups excluding carboxylic acids is 1. The number of aromatic nitrogens is 4. The summed E-state index contributed by atoms with van der Waals surface area (Å²) in [5.74, 6) is -0.0658. The predicted octanol–water partition coefficient (Wildman–Crippen LogP) is 3.76. The van der Waals surface area contributed by atoms with Gasteiger partial charge in [-0.3, -0.25) is 4.79 Å². The van der Waals surface area contributed by atoms with E-state index in [1.54, 1.807) is 4.68 Å². The molecule has 0 bridgehead atoms. The summed E-state index contributed by atoms with van der Waals surface area (Å²) < 4.78 is 1.57. The molecule has 0 spiro atoms. The van der Waals surface area contributed by atoms with Crippen LogP contribution in [0.5, 0.6) is 0 Å². The highest BCUT2D eigenvalue weighted by Crippen LogP contribution is 2.23. The number of tetrazole rings is 1. The number of nitrogens with one attached hydrogen (secondary N) is 1. The Bertz CT molecular complexity index is 1060. The van der Waals surface area contributed by atoms with E-state index in [0.29, 0.717) is 5.02 Å². The summed E-state index contributed by atoms with van der Waals surface area (Å²) in [5.41, 5.74) is 3.73. The first-order chi connectivity index (χ1) is 14.2. The first-order valence-electron chi connectivity index (χ1n) is 9.11. The predicted molar refractivity (Wildman–Crippen MR) is 111 cm³/mol. The Hall–Kier alpha value is -3.51. The SMILES string of the molecule is O=C(Cc1ccc(-n2cnnn2)cc1)NC(c1ccccc1)c1ccc(Cl)cc1. The lowest BCUT2D eigenvalue weighted by Crippen LogP contribution is -2.30. The number of hydrogen-bond acceptors (Lipinski definition) is 4. The molecule has 0 saturated heterocycles. The molecule has 1 amide bonds. The zero-order chi connectivity index (χ0) is 20.1. The van der Waals surface area contributed by atoms with E-state index in [0.717, 1.165) is 22.4 Å². The molecule has 4 rings (SSSR count). The molecule has 0 saturated carbocycles. The Labute approximate surface area is 173 Å². The lowest BCUT2D eigenvalue weighted by Gasteiger charge is -2.20. The maximum atomic E-state index is 12.8. The van der Waals surface area contributed by atoms with E-state index in [1.165, 1.54) is 6.33 Å².